The number of nitrogens with zero attached hydrogens (tertiary/aromatic N) is 2. The van der Waals surface area contributed by atoms with Crippen molar-refractivity contribution in [2.45, 2.75) is 37.6 Å². The average molecular weight is 373 g/mol. The van der Waals surface area contributed by atoms with E-state index < -0.39 is 9.84 Å². The average Bonchev–Trinajstić information content (AvgIpc) is 3.27. The Balaban J connectivity index is 1.45. The number of hydrogen-bond acceptors (Lipinski definition) is 4. The van der Waals surface area contributed by atoms with Crippen molar-refractivity contribution in [1.82, 2.24) is 15.1 Å². The highest BCUT2D eigenvalue weighted by atomic mass is 32.2. The first-order valence-corrected chi connectivity index (χ1v) is 11.0. The van der Waals surface area contributed by atoms with Crippen molar-refractivity contribution in [3.8, 4) is 0 Å². The van der Waals surface area contributed by atoms with E-state index >= 15 is 0 Å². The van der Waals surface area contributed by atoms with E-state index in [1.807, 2.05) is 41.1 Å². The van der Waals surface area contributed by atoms with E-state index in [1.54, 1.807) is 0 Å². The Morgan fingerprint density at radius 3 is 2.62 bits per heavy atom. The SMILES string of the molecule is O=C(NCCc1ccccc1)c1cc(C2CC2)n([C@H]2CCS(=O)(=O)C2)n1. The van der Waals surface area contributed by atoms with Crippen LogP contribution in [0.2, 0.25) is 0 Å². The lowest BCUT2D eigenvalue weighted by atomic mass is 10.1. The van der Waals surface area contributed by atoms with Crippen molar-refractivity contribution in [3.05, 3.63) is 53.3 Å². The van der Waals surface area contributed by atoms with Crippen LogP contribution in [0.4, 0.5) is 0 Å². The summed E-state index contributed by atoms with van der Waals surface area (Å²) in [5, 5.41) is 7.41. The maximum Gasteiger partial charge on any atom is 0.271 e. The summed E-state index contributed by atoms with van der Waals surface area (Å²) >= 11 is 0. The van der Waals surface area contributed by atoms with Gasteiger partial charge in [-0.15, -0.1) is 0 Å². The summed E-state index contributed by atoms with van der Waals surface area (Å²) in [6.07, 6.45) is 3.52. The molecule has 7 heteroatoms. The summed E-state index contributed by atoms with van der Waals surface area (Å²) in [6, 6.07) is 11.7. The van der Waals surface area contributed by atoms with Crippen molar-refractivity contribution in [2.75, 3.05) is 18.1 Å². The molecule has 1 atom stereocenters. The third-order valence-corrected chi connectivity index (χ3v) is 6.84. The number of aromatic nitrogens is 2. The first-order valence-electron chi connectivity index (χ1n) is 9.14. The van der Waals surface area contributed by atoms with Gasteiger partial charge in [0.2, 0.25) is 0 Å². The molecule has 0 unspecified atom stereocenters. The third kappa shape index (κ3) is 3.82. The largest absolute Gasteiger partial charge is 0.350 e. The van der Waals surface area contributed by atoms with Crippen molar-refractivity contribution in [1.29, 1.82) is 0 Å². The number of sulfone groups is 1. The second-order valence-electron chi connectivity index (χ2n) is 7.22. The fourth-order valence-corrected chi connectivity index (χ4v) is 5.21. The van der Waals surface area contributed by atoms with Gasteiger partial charge < -0.3 is 5.32 Å². The van der Waals surface area contributed by atoms with Crippen molar-refractivity contribution >= 4 is 15.7 Å². The minimum atomic E-state index is -2.98. The van der Waals surface area contributed by atoms with E-state index in [0.717, 1.165) is 25.0 Å². The number of carbonyl (C=O) groups excluding carboxylic acids is 1. The molecule has 4 rings (SSSR count). The molecule has 0 radical (unpaired) electrons. The molecule has 1 saturated heterocycles. The van der Waals surface area contributed by atoms with Gasteiger partial charge in [0.15, 0.2) is 9.84 Å². The monoisotopic (exact) mass is 373 g/mol. The molecule has 1 aromatic carbocycles. The minimum absolute atomic E-state index is 0.128. The van der Waals surface area contributed by atoms with Crippen LogP contribution in [-0.2, 0) is 16.3 Å². The smallest absolute Gasteiger partial charge is 0.271 e. The maximum absolute atomic E-state index is 12.5. The van der Waals surface area contributed by atoms with E-state index in [-0.39, 0.29) is 23.5 Å². The van der Waals surface area contributed by atoms with Crippen molar-refractivity contribution in [3.63, 3.8) is 0 Å². The summed E-state index contributed by atoms with van der Waals surface area (Å²) in [6.45, 7) is 0.548. The summed E-state index contributed by atoms with van der Waals surface area (Å²) in [4.78, 5) is 12.5. The number of benzene rings is 1. The lowest BCUT2D eigenvalue weighted by Crippen LogP contribution is -2.26. The molecule has 1 aromatic heterocycles. The summed E-state index contributed by atoms with van der Waals surface area (Å²) in [5.74, 6) is 0.558. The van der Waals surface area contributed by atoms with E-state index in [4.69, 9.17) is 0 Å². The number of nitrogens with one attached hydrogen (secondary N) is 1. The maximum atomic E-state index is 12.5. The molecule has 0 spiro atoms. The van der Waals surface area contributed by atoms with Gasteiger partial charge in [-0.1, -0.05) is 30.3 Å². The van der Waals surface area contributed by atoms with Crippen molar-refractivity contribution in [2.24, 2.45) is 0 Å². The molecule has 1 amide bonds. The van der Waals surface area contributed by atoms with E-state index in [0.29, 0.717) is 24.6 Å². The first-order chi connectivity index (χ1) is 12.5. The fourth-order valence-electron chi connectivity index (χ4n) is 3.52. The van der Waals surface area contributed by atoms with Gasteiger partial charge in [0.25, 0.3) is 5.91 Å². The van der Waals surface area contributed by atoms with Gasteiger partial charge in [0, 0.05) is 18.2 Å². The number of rotatable bonds is 6. The highest BCUT2D eigenvalue weighted by molar-refractivity contribution is 7.91. The second kappa shape index (κ2) is 6.87. The summed E-state index contributed by atoms with van der Waals surface area (Å²) < 4.78 is 25.4. The second-order valence-corrected chi connectivity index (χ2v) is 9.45. The molecule has 1 saturated carbocycles. The zero-order valence-electron chi connectivity index (χ0n) is 14.6. The Morgan fingerprint density at radius 1 is 1.19 bits per heavy atom. The lowest BCUT2D eigenvalue weighted by molar-refractivity contribution is 0.0948. The van der Waals surface area contributed by atoms with Crippen LogP contribution in [0.25, 0.3) is 0 Å². The van der Waals surface area contributed by atoms with E-state index in [1.165, 1.54) is 5.56 Å². The van der Waals surface area contributed by atoms with Crippen molar-refractivity contribution < 1.29 is 13.2 Å². The molecule has 2 heterocycles. The van der Waals surface area contributed by atoms with Crippen LogP contribution in [0.1, 0.15) is 53.0 Å². The minimum Gasteiger partial charge on any atom is -0.350 e. The zero-order chi connectivity index (χ0) is 18.1. The predicted molar refractivity (Wildman–Crippen MR) is 99.0 cm³/mol. The molecule has 1 aliphatic heterocycles. The molecular formula is C19H23N3O3S. The number of hydrogen-bond donors (Lipinski definition) is 1. The van der Waals surface area contributed by atoms with Crippen LogP contribution < -0.4 is 5.32 Å². The molecular weight excluding hydrogens is 350 g/mol. The van der Waals surface area contributed by atoms with Crippen LogP contribution in [-0.4, -0.2) is 42.2 Å². The Bertz CT molecular complexity index is 901. The topological polar surface area (TPSA) is 81.1 Å². The molecule has 1 N–H and O–H groups in total. The zero-order valence-corrected chi connectivity index (χ0v) is 15.4. The molecule has 26 heavy (non-hydrogen) atoms. The van der Waals surface area contributed by atoms with E-state index in [9.17, 15) is 13.2 Å². The van der Waals surface area contributed by atoms with Crippen LogP contribution in [0, 0.1) is 0 Å². The Labute approximate surface area is 153 Å². The quantitative estimate of drug-likeness (QED) is 0.841. The predicted octanol–water partition coefficient (Wildman–Crippen LogP) is 2.09. The molecule has 2 fully saturated rings. The van der Waals surface area contributed by atoms with Gasteiger partial charge in [-0.3, -0.25) is 9.48 Å². The Hall–Kier alpha value is -2.15. The van der Waals surface area contributed by atoms with Crippen LogP contribution in [0.3, 0.4) is 0 Å². The number of amides is 1. The summed E-state index contributed by atoms with van der Waals surface area (Å²) in [7, 11) is -2.98. The highest BCUT2D eigenvalue weighted by Gasteiger charge is 2.36. The molecule has 6 nitrogen and oxygen atoms in total. The first kappa shape index (κ1) is 17.3. The molecule has 138 valence electrons. The van der Waals surface area contributed by atoms with Gasteiger partial charge in [-0.05, 0) is 37.3 Å². The standard InChI is InChI=1S/C19H23N3O3S/c23-19(20-10-8-14-4-2-1-3-5-14)17-12-18(15-6-7-15)22(21-17)16-9-11-26(24,25)13-16/h1-5,12,15-16H,6-11,13H2,(H,20,23)/t16-/m0/s1. The lowest BCUT2D eigenvalue weighted by Gasteiger charge is -2.12. The van der Waals surface area contributed by atoms with Crippen LogP contribution in [0.5, 0.6) is 0 Å². The molecule has 2 aromatic rings. The highest BCUT2D eigenvalue weighted by Crippen LogP contribution is 2.42. The van der Waals surface area contributed by atoms with Gasteiger partial charge in [-0.2, -0.15) is 5.10 Å². The van der Waals surface area contributed by atoms with Gasteiger partial charge >= 0.3 is 0 Å². The Kier molecular flexibility index (Phi) is 4.56. The van der Waals surface area contributed by atoms with Crippen LogP contribution >= 0.6 is 0 Å². The van der Waals surface area contributed by atoms with Gasteiger partial charge in [0.05, 0.1) is 17.5 Å². The van der Waals surface area contributed by atoms with Crippen LogP contribution in [0.15, 0.2) is 36.4 Å². The molecule has 2 aliphatic rings. The molecule has 0 bridgehead atoms. The van der Waals surface area contributed by atoms with Gasteiger partial charge in [0.1, 0.15) is 5.69 Å². The van der Waals surface area contributed by atoms with Gasteiger partial charge in [-0.25, -0.2) is 8.42 Å². The Morgan fingerprint density at radius 2 is 1.96 bits per heavy atom. The summed E-state index contributed by atoms with van der Waals surface area (Å²) in [5.41, 5.74) is 2.58. The van der Waals surface area contributed by atoms with E-state index in [2.05, 4.69) is 10.4 Å². The normalized spacial score (nSPS) is 21.6. The fraction of sp³-hybridized carbons (Fsp3) is 0.474. The third-order valence-electron chi connectivity index (χ3n) is 5.09. The molecule has 1 aliphatic carbocycles. The number of carbonyl (C=O) groups is 1.